The van der Waals surface area contributed by atoms with Gasteiger partial charge in [0.25, 0.3) is 0 Å². The van der Waals surface area contributed by atoms with Gasteiger partial charge in [0.15, 0.2) is 6.10 Å². The summed E-state index contributed by atoms with van der Waals surface area (Å²) >= 11 is 0. The van der Waals surface area contributed by atoms with Crippen LogP contribution in [-0.2, 0) is 0 Å². The normalized spacial score (nSPS) is 18.8. The molecule has 21 heavy (non-hydrogen) atoms. The van der Waals surface area contributed by atoms with Gasteiger partial charge in [0.05, 0.1) is 11.4 Å². The van der Waals surface area contributed by atoms with Gasteiger partial charge in [0, 0.05) is 11.8 Å². The number of nitrogen functional groups attached to an aromatic ring is 1. The molecule has 0 saturated heterocycles. The van der Waals surface area contributed by atoms with Crippen LogP contribution in [0.2, 0.25) is 0 Å². The second-order valence-corrected chi connectivity index (χ2v) is 5.18. The Bertz CT molecular complexity index is 694. The van der Waals surface area contributed by atoms with Crippen LogP contribution in [0.1, 0.15) is 18.9 Å². The summed E-state index contributed by atoms with van der Waals surface area (Å²) < 4.78 is 6.01. The second-order valence-electron chi connectivity index (χ2n) is 5.18. The van der Waals surface area contributed by atoms with Crippen molar-refractivity contribution in [2.24, 2.45) is 4.99 Å². The molecule has 1 unspecified atom stereocenters. The van der Waals surface area contributed by atoms with Crippen LogP contribution in [0.3, 0.4) is 0 Å². The number of anilines is 2. The summed E-state index contributed by atoms with van der Waals surface area (Å²) in [5.74, 6) is 1.62. The summed E-state index contributed by atoms with van der Waals surface area (Å²) in [7, 11) is 0. The molecule has 0 bridgehead atoms. The maximum Gasteiger partial charge on any atom is 0.156 e. The van der Waals surface area contributed by atoms with E-state index in [1.165, 1.54) is 0 Å². The predicted molar refractivity (Wildman–Crippen MR) is 87.5 cm³/mol. The molecule has 3 N–H and O–H groups in total. The van der Waals surface area contributed by atoms with Gasteiger partial charge in [0.2, 0.25) is 0 Å². The molecule has 1 heterocycles. The first-order valence-electron chi connectivity index (χ1n) is 7.15. The third kappa shape index (κ3) is 2.70. The number of aryl methyl sites for hydroxylation is 1. The van der Waals surface area contributed by atoms with Crippen molar-refractivity contribution in [2.45, 2.75) is 26.4 Å². The molecule has 4 heteroatoms. The Balaban J connectivity index is 1.99. The highest BCUT2D eigenvalue weighted by molar-refractivity contribution is 6.03. The molecule has 4 nitrogen and oxygen atoms in total. The Morgan fingerprint density at radius 2 is 2.05 bits per heavy atom. The maximum absolute atomic E-state index is 6.01. The van der Waals surface area contributed by atoms with E-state index >= 15 is 0 Å². The summed E-state index contributed by atoms with van der Waals surface area (Å²) in [6, 6.07) is 13.7. The Morgan fingerprint density at radius 1 is 1.24 bits per heavy atom. The van der Waals surface area contributed by atoms with Gasteiger partial charge in [-0.25, -0.2) is 4.99 Å². The van der Waals surface area contributed by atoms with Crippen molar-refractivity contribution in [3.05, 3.63) is 48.0 Å². The topological polar surface area (TPSA) is 59.6 Å². The number of hydrogen-bond donors (Lipinski definition) is 2. The number of benzene rings is 2. The number of nitrogens with one attached hydrogen (secondary N) is 1. The number of amidine groups is 1. The average Bonchev–Trinajstić information content (AvgIpc) is 2.49. The fourth-order valence-corrected chi connectivity index (χ4v) is 2.36. The van der Waals surface area contributed by atoms with Crippen molar-refractivity contribution in [2.75, 3.05) is 11.1 Å². The fourth-order valence-electron chi connectivity index (χ4n) is 2.36. The summed E-state index contributed by atoms with van der Waals surface area (Å²) in [6.07, 6.45) is 0.755. The highest BCUT2D eigenvalue weighted by atomic mass is 16.5. The van der Waals surface area contributed by atoms with Crippen LogP contribution >= 0.6 is 0 Å². The van der Waals surface area contributed by atoms with Crippen LogP contribution in [0.15, 0.2) is 47.5 Å². The summed E-state index contributed by atoms with van der Waals surface area (Å²) in [5.41, 5.74) is 9.51. The fraction of sp³-hybridized carbons (Fsp3) is 0.235. The van der Waals surface area contributed by atoms with Crippen LogP contribution in [0.5, 0.6) is 5.75 Å². The monoisotopic (exact) mass is 281 g/mol. The van der Waals surface area contributed by atoms with Crippen molar-refractivity contribution in [1.82, 2.24) is 0 Å². The largest absolute Gasteiger partial charge is 0.480 e. The van der Waals surface area contributed by atoms with Gasteiger partial charge in [-0.15, -0.1) is 0 Å². The van der Waals surface area contributed by atoms with E-state index in [9.17, 15) is 0 Å². The van der Waals surface area contributed by atoms with Gasteiger partial charge >= 0.3 is 0 Å². The van der Waals surface area contributed by atoms with Gasteiger partial charge < -0.3 is 15.8 Å². The summed E-state index contributed by atoms with van der Waals surface area (Å²) in [4.78, 5) is 4.74. The lowest BCUT2D eigenvalue weighted by Crippen LogP contribution is -2.36. The Labute approximate surface area is 124 Å². The number of ether oxygens (including phenoxy) is 1. The van der Waals surface area contributed by atoms with Crippen molar-refractivity contribution < 1.29 is 4.74 Å². The Morgan fingerprint density at radius 3 is 2.81 bits per heavy atom. The number of aliphatic imine (C=N–C) groups is 1. The molecule has 2 aromatic carbocycles. The second kappa shape index (κ2) is 5.48. The van der Waals surface area contributed by atoms with Gasteiger partial charge in [-0.05, 0) is 37.1 Å². The van der Waals surface area contributed by atoms with E-state index in [0.29, 0.717) is 5.69 Å². The summed E-state index contributed by atoms with van der Waals surface area (Å²) in [6.45, 7) is 4.13. The summed E-state index contributed by atoms with van der Waals surface area (Å²) in [5, 5.41) is 3.37. The molecule has 0 spiro atoms. The molecule has 0 aromatic heterocycles. The minimum atomic E-state index is -0.0843. The molecule has 3 rings (SSSR count). The first kappa shape index (κ1) is 13.5. The third-order valence-corrected chi connectivity index (χ3v) is 3.57. The van der Waals surface area contributed by atoms with Crippen molar-refractivity contribution >= 4 is 22.9 Å². The molecule has 108 valence electrons. The molecule has 0 amide bonds. The molecular weight excluding hydrogens is 262 g/mol. The number of nitrogens with two attached hydrogens (primary N) is 1. The van der Waals surface area contributed by atoms with Gasteiger partial charge in [-0.3, -0.25) is 0 Å². The Kier molecular flexibility index (Phi) is 3.52. The van der Waals surface area contributed by atoms with Crippen molar-refractivity contribution in [3.8, 4) is 5.75 Å². The minimum Gasteiger partial charge on any atom is -0.480 e. The van der Waals surface area contributed by atoms with Crippen LogP contribution in [0.25, 0.3) is 0 Å². The van der Waals surface area contributed by atoms with E-state index in [0.717, 1.165) is 34.9 Å². The number of hydrogen-bond acceptors (Lipinski definition) is 3. The maximum atomic E-state index is 6.01. The number of para-hydroxylation sites is 1. The quantitative estimate of drug-likeness (QED) is 0.821. The van der Waals surface area contributed by atoms with Crippen LogP contribution in [-0.4, -0.2) is 11.9 Å². The number of nitrogens with zero attached hydrogens (tertiary/aromatic N) is 1. The predicted octanol–water partition coefficient (Wildman–Crippen LogP) is 3.89. The average molecular weight is 281 g/mol. The highest BCUT2D eigenvalue weighted by Crippen LogP contribution is 2.33. The van der Waals surface area contributed by atoms with E-state index < -0.39 is 0 Å². The third-order valence-electron chi connectivity index (χ3n) is 3.57. The van der Waals surface area contributed by atoms with Gasteiger partial charge in [-0.1, -0.05) is 25.1 Å². The van der Waals surface area contributed by atoms with E-state index in [2.05, 4.69) is 25.2 Å². The molecule has 0 saturated carbocycles. The lowest BCUT2D eigenvalue weighted by atomic mass is 10.1. The van der Waals surface area contributed by atoms with Gasteiger partial charge in [0.1, 0.15) is 11.6 Å². The number of fused-ring (bicyclic) bond motifs is 1. The van der Waals surface area contributed by atoms with Crippen molar-refractivity contribution in [3.63, 3.8) is 0 Å². The van der Waals surface area contributed by atoms with E-state index in [1.807, 2.05) is 36.4 Å². The lowest BCUT2D eigenvalue weighted by molar-refractivity contribution is 0.259. The molecule has 0 fully saturated rings. The zero-order valence-electron chi connectivity index (χ0n) is 12.3. The van der Waals surface area contributed by atoms with E-state index in [4.69, 9.17) is 15.5 Å². The smallest absolute Gasteiger partial charge is 0.156 e. The molecule has 0 radical (unpaired) electrons. The van der Waals surface area contributed by atoms with Crippen molar-refractivity contribution in [1.29, 1.82) is 0 Å². The first-order valence-corrected chi connectivity index (χ1v) is 7.15. The van der Waals surface area contributed by atoms with Crippen LogP contribution in [0, 0.1) is 6.92 Å². The SMILES string of the molecule is CCC1Oc2cc(N)ccc2NC1=Nc1ccccc1C. The zero-order chi connectivity index (χ0) is 14.8. The van der Waals surface area contributed by atoms with Gasteiger partial charge in [-0.2, -0.15) is 0 Å². The first-order chi connectivity index (χ1) is 10.2. The number of rotatable bonds is 2. The standard InChI is InChI=1S/C17H19N3O/c1-3-15-17(19-13-7-5-4-6-11(13)2)20-14-9-8-12(18)10-16(14)21-15/h4-10,15H,3,18H2,1-2H3,(H,19,20). The molecule has 2 aromatic rings. The molecular formula is C17H19N3O. The van der Waals surface area contributed by atoms with E-state index in [1.54, 1.807) is 0 Å². The lowest BCUT2D eigenvalue weighted by Gasteiger charge is -2.28. The Hall–Kier alpha value is -2.49. The minimum absolute atomic E-state index is 0.0843. The molecule has 1 aliphatic heterocycles. The molecule has 0 aliphatic carbocycles. The molecule has 1 aliphatic rings. The van der Waals surface area contributed by atoms with E-state index in [-0.39, 0.29) is 6.10 Å². The van der Waals surface area contributed by atoms with Crippen LogP contribution < -0.4 is 15.8 Å². The highest BCUT2D eigenvalue weighted by Gasteiger charge is 2.24. The van der Waals surface area contributed by atoms with Crippen LogP contribution in [0.4, 0.5) is 17.1 Å². The molecule has 1 atom stereocenters. The zero-order valence-corrected chi connectivity index (χ0v) is 12.3.